The Kier molecular flexibility index (Phi) is 7.50. The molecule has 1 amide bonds. The van der Waals surface area contributed by atoms with Gasteiger partial charge in [0.2, 0.25) is 0 Å². The SMILES string of the molecule is COc1ccccc1NC(=O)[C@@H](C)OC(=O)/C=C/c1ccc(OC(F)F)cc1. The smallest absolute Gasteiger partial charge is 0.387 e. The zero-order chi connectivity index (χ0) is 20.5. The minimum atomic E-state index is -2.90. The van der Waals surface area contributed by atoms with Crippen molar-refractivity contribution >= 4 is 23.6 Å². The first-order valence-electron chi connectivity index (χ1n) is 8.26. The lowest BCUT2D eigenvalue weighted by Crippen LogP contribution is -2.29. The van der Waals surface area contributed by atoms with Gasteiger partial charge in [0.1, 0.15) is 11.5 Å². The molecular weight excluding hydrogens is 372 g/mol. The number of rotatable bonds is 8. The van der Waals surface area contributed by atoms with E-state index in [0.717, 1.165) is 6.08 Å². The van der Waals surface area contributed by atoms with Crippen LogP contribution in [0.5, 0.6) is 11.5 Å². The van der Waals surface area contributed by atoms with Gasteiger partial charge in [-0.1, -0.05) is 24.3 Å². The van der Waals surface area contributed by atoms with E-state index in [4.69, 9.17) is 9.47 Å². The summed E-state index contributed by atoms with van der Waals surface area (Å²) in [7, 11) is 1.48. The van der Waals surface area contributed by atoms with Gasteiger partial charge in [0.15, 0.2) is 6.10 Å². The molecule has 1 N–H and O–H groups in total. The van der Waals surface area contributed by atoms with Gasteiger partial charge < -0.3 is 19.5 Å². The van der Waals surface area contributed by atoms with Crippen molar-refractivity contribution < 1.29 is 32.6 Å². The molecule has 2 rings (SSSR count). The number of anilines is 1. The number of carbonyl (C=O) groups is 2. The third kappa shape index (κ3) is 6.39. The van der Waals surface area contributed by atoms with Gasteiger partial charge in [0.25, 0.3) is 5.91 Å². The summed E-state index contributed by atoms with van der Waals surface area (Å²) in [4.78, 5) is 24.1. The second kappa shape index (κ2) is 10.1. The summed E-state index contributed by atoms with van der Waals surface area (Å²) in [6.45, 7) is -1.47. The van der Waals surface area contributed by atoms with Gasteiger partial charge >= 0.3 is 12.6 Å². The summed E-state index contributed by atoms with van der Waals surface area (Å²) in [6, 6.07) is 12.5. The number of nitrogens with one attached hydrogen (secondary N) is 1. The van der Waals surface area contributed by atoms with E-state index in [2.05, 4.69) is 10.1 Å². The number of halogens is 2. The first-order chi connectivity index (χ1) is 13.4. The molecule has 6 nitrogen and oxygen atoms in total. The van der Waals surface area contributed by atoms with E-state index >= 15 is 0 Å². The zero-order valence-corrected chi connectivity index (χ0v) is 15.2. The quantitative estimate of drug-likeness (QED) is 0.546. The van der Waals surface area contributed by atoms with E-state index < -0.39 is 24.6 Å². The average Bonchev–Trinajstić information content (AvgIpc) is 2.67. The second-order valence-corrected chi connectivity index (χ2v) is 5.55. The molecule has 0 unspecified atom stereocenters. The molecule has 0 bridgehead atoms. The third-order valence-corrected chi connectivity index (χ3v) is 3.54. The maximum atomic E-state index is 12.2. The van der Waals surface area contributed by atoms with Crippen LogP contribution in [0, 0.1) is 0 Å². The number of esters is 1. The third-order valence-electron chi connectivity index (χ3n) is 3.54. The standard InChI is InChI=1S/C20H19F2NO5/c1-13(19(25)23-16-5-3-4-6-17(16)26-2)27-18(24)12-9-14-7-10-15(11-8-14)28-20(21)22/h3-13,20H,1-2H3,(H,23,25)/b12-9+/t13-/m1/s1. The molecular formula is C20H19F2NO5. The number of benzene rings is 2. The van der Waals surface area contributed by atoms with Gasteiger partial charge in [-0.05, 0) is 42.8 Å². The molecule has 0 spiro atoms. The number of para-hydroxylation sites is 2. The predicted octanol–water partition coefficient (Wildman–Crippen LogP) is 3.88. The summed E-state index contributed by atoms with van der Waals surface area (Å²) in [5.74, 6) is -0.750. The lowest BCUT2D eigenvalue weighted by molar-refractivity contribution is -0.148. The van der Waals surface area contributed by atoms with Gasteiger partial charge in [-0.2, -0.15) is 8.78 Å². The van der Waals surface area contributed by atoms with Crippen LogP contribution in [0.1, 0.15) is 12.5 Å². The fourth-order valence-electron chi connectivity index (χ4n) is 2.17. The van der Waals surface area contributed by atoms with Crippen molar-refractivity contribution in [2.24, 2.45) is 0 Å². The number of ether oxygens (including phenoxy) is 3. The van der Waals surface area contributed by atoms with Gasteiger partial charge in [-0.25, -0.2) is 4.79 Å². The van der Waals surface area contributed by atoms with E-state index in [-0.39, 0.29) is 5.75 Å². The van der Waals surface area contributed by atoms with Crippen LogP contribution in [-0.4, -0.2) is 31.7 Å². The Hall–Kier alpha value is -3.42. The van der Waals surface area contributed by atoms with E-state index in [1.165, 1.54) is 44.4 Å². The molecule has 0 aliphatic heterocycles. The highest BCUT2D eigenvalue weighted by Gasteiger charge is 2.18. The maximum Gasteiger partial charge on any atom is 0.387 e. The monoisotopic (exact) mass is 391 g/mol. The second-order valence-electron chi connectivity index (χ2n) is 5.55. The normalized spacial score (nSPS) is 11.9. The lowest BCUT2D eigenvalue weighted by Gasteiger charge is -2.14. The molecule has 2 aromatic rings. The lowest BCUT2D eigenvalue weighted by atomic mass is 10.2. The zero-order valence-electron chi connectivity index (χ0n) is 15.2. The largest absolute Gasteiger partial charge is 0.495 e. The highest BCUT2D eigenvalue weighted by atomic mass is 19.3. The van der Waals surface area contributed by atoms with Crippen molar-refractivity contribution in [1.29, 1.82) is 0 Å². The Morgan fingerprint density at radius 3 is 2.39 bits per heavy atom. The molecule has 0 heterocycles. The number of amides is 1. The van der Waals surface area contributed by atoms with Gasteiger partial charge in [0.05, 0.1) is 12.8 Å². The van der Waals surface area contributed by atoms with Crippen LogP contribution >= 0.6 is 0 Å². The minimum absolute atomic E-state index is 0.0105. The van der Waals surface area contributed by atoms with E-state index in [0.29, 0.717) is 17.0 Å². The Balaban J connectivity index is 1.89. The molecule has 0 fully saturated rings. The Morgan fingerprint density at radius 2 is 1.75 bits per heavy atom. The number of methoxy groups -OCH3 is 1. The fourth-order valence-corrected chi connectivity index (χ4v) is 2.17. The Morgan fingerprint density at radius 1 is 1.07 bits per heavy atom. The molecule has 8 heteroatoms. The van der Waals surface area contributed by atoms with Crippen LogP contribution in [0.25, 0.3) is 6.08 Å². The minimum Gasteiger partial charge on any atom is -0.495 e. The van der Waals surface area contributed by atoms with Crippen molar-refractivity contribution in [2.75, 3.05) is 12.4 Å². The highest BCUT2D eigenvalue weighted by molar-refractivity contribution is 5.97. The van der Waals surface area contributed by atoms with Crippen molar-refractivity contribution in [3.05, 3.63) is 60.2 Å². The Bertz CT molecular complexity index is 837. The number of hydrogen-bond acceptors (Lipinski definition) is 5. The van der Waals surface area contributed by atoms with Crippen molar-refractivity contribution in [1.82, 2.24) is 0 Å². The van der Waals surface area contributed by atoms with E-state index in [9.17, 15) is 18.4 Å². The maximum absolute atomic E-state index is 12.2. The predicted molar refractivity (Wildman–Crippen MR) is 99.3 cm³/mol. The topological polar surface area (TPSA) is 73.9 Å². The summed E-state index contributed by atoms with van der Waals surface area (Å²) >= 11 is 0. The molecule has 0 saturated carbocycles. The molecule has 0 aliphatic rings. The average molecular weight is 391 g/mol. The summed E-state index contributed by atoms with van der Waals surface area (Å²) < 4.78 is 38.6. The molecule has 0 aliphatic carbocycles. The summed E-state index contributed by atoms with van der Waals surface area (Å²) in [5, 5.41) is 2.62. The van der Waals surface area contributed by atoms with E-state index in [1.54, 1.807) is 24.3 Å². The van der Waals surface area contributed by atoms with Crippen LogP contribution in [0.3, 0.4) is 0 Å². The molecule has 2 aromatic carbocycles. The first-order valence-corrected chi connectivity index (χ1v) is 8.26. The molecule has 0 aromatic heterocycles. The van der Waals surface area contributed by atoms with Crippen molar-refractivity contribution in [3.8, 4) is 11.5 Å². The van der Waals surface area contributed by atoms with Gasteiger partial charge in [0, 0.05) is 6.08 Å². The van der Waals surface area contributed by atoms with Crippen LogP contribution in [0.2, 0.25) is 0 Å². The highest BCUT2D eigenvalue weighted by Crippen LogP contribution is 2.23. The molecule has 0 saturated heterocycles. The number of alkyl halides is 2. The Labute approximate surface area is 160 Å². The molecule has 148 valence electrons. The van der Waals surface area contributed by atoms with E-state index in [1.807, 2.05) is 0 Å². The summed E-state index contributed by atoms with van der Waals surface area (Å²) in [6.07, 6.45) is 1.53. The van der Waals surface area contributed by atoms with Crippen LogP contribution in [0.15, 0.2) is 54.6 Å². The molecule has 0 radical (unpaired) electrons. The van der Waals surface area contributed by atoms with Gasteiger partial charge in [-0.3, -0.25) is 4.79 Å². The van der Waals surface area contributed by atoms with Crippen LogP contribution < -0.4 is 14.8 Å². The fraction of sp³-hybridized carbons (Fsp3) is 0.200. The molecule has 1 atom stereocenters. The van der Waals surface area contributed by atoms with Crippen LogP contribution in [0.4, 0.5) is 14.5 Å². The van der Waals surface area contributed by atoms with Crippen molar-refractivity contribution in [3.63, 3.8) is 0 Å². The number of carbonyl (C=O) groups excluding carboxylic acids is 2. The van der Waals surface area contributed by atoms with Crippen LogP contribution in [-0.2, 0) is 14.3 Å². The molecule has 28 heavy (non-hydrogen) atoms. The van der Waals surface area contributed by atoms with Crippen molar-refractivity contribution in [2.45, 2.75) is 19.6 Å². The first kappa shape index (κ1) is 20.9. The summed E-state index contributed by atoms with van der Waals surface area (Å²) in [5.41, 5.74) is 1.03. The van der Waals surface area contributed by atoms with Gasteiger partial charge in [-0.15, -0.1) is 0 Å². The number of hydrogen-bond donors (Lipinski definition) is 1.